The first-order valence-corrected chi connectivity index (χ1v) is 7.90. The van der Waals surface area contributed by atoms with Gasteiger partial charge in [-0.3, -0.25) is 4.79 Å². The molecule has 0 aromatic heterocycles. The zero-order valence-corrected chi connectivity index (χ0v) is 10.3. The molecule has 1 aliphatic carbocycles. The average molecular weight is 245 g/mol. The van der Waals surface area contributed by atoms with Gasteiger partial charge in [0.1, 0.15) is 0 Å². The minimum Gasteiger partial charge on any atom is -0.352 e. The number of nitrogens with one attached hydrogen (secondary N) is 1. The number of amides is 1. The largest absolute Gasteiger partial charge is 0.352 e. The predicted molar refractivity (Wildman–Crippen MR) is 61.8 cm³/mol. The summed E-state index contributed by atoms with van der Waals surface area (Å²) in [5.74, 6) is 0.549. The maximum Gasteiger partial charge on any atom is 0.223 e. The summed E-state index contributed by atoms with van der Waals surface area (Å²) < 4.78 is 22.5. The van der Waals surface area contributed by atoms with Gasteiger partial charge in [-0.2, -0.15) is 0 Å². The number of sulfone groups is 1. The fourth-order valence-corrected chi connectivity index (χ4v) is 4.27. The molecule has 92 valence electrons. The lowest BCUT2D eigenvalue weighted by atomic mass is 9.88. The molecule has 1 saturated heterocycles. The summed E-state index contributed by atoms with van der Waals surface area (Å²) in [6, 6.07) is -0.139. The SMILES string of the molecule is O=C(N[C@@H]1CCS(=O)(=O)C1)C1CCCCC1. The van der Waals surface area contributed by atoms with E-state index in [0.717, 1.165) is 25.7 Å². The van der Waals surface area contributed by atoms with Crippen LogP contribution in [0.4, 0.5) is 0 Å². The summed E-state index contributed by atoms with van der Waals surface area (Å²) in [4.78, 5) is 11.9. The van der Waals surface area contributed by atoms with Crippen molar-refractivity contribution < 1.29 is 13.2 Å². The van der Waals surface area contributed by atoms with E-state index in [4.69, 9.17) is 0 Å². The summed E-state index contributed by atoms with van der Waals surface area (Å²) >= 11 is 0. The Hall–Kier alpha value is -0.580. The van der Waals surface area contributed by atoms with Crippen molar-refractivity contribution in [3.8, 4) is 0 Å². The van der Waals surface area contributed by atoms with Crippen LogP contribution >= 0.6 is 0 Å². The van der Waals surface area contributed by atoms with Gasteiger partial charge in [0.25, 0.3) is 0 Å². The zero-order chi connectivity index (χ0) is 11.6. The summed E-state index contributed by atoms with van der Waals surface area (Å²) in [5, 5.41) is 2.89. The van der Waals surface area contributed by atoms with Gasteiger partial charge in [0.15, 0.2) is 9.84 Å². The van der Waals surface area contributed by atoms with E-state index in [1.807, 2.05) is 0 Å². The molecule has 2 aliphatic rings. The van der Waals surface area contributed by atoms with Crippen molar-refractivity contribution in [2.75, 3.05) is 11.5 Å². The van der Waals surface area contributed by atoms with Gasteiger partial charge in [-0.1, -0.05) is 19.3 Å². The smallest absolute Gasteiger partial charge is 0.223 e. The van der Waals surface area contributed by atoms with Crippen molar-refractivity contribution in [2.24, 2.45) is 5.92 Å². The Morgan fingerprint density at radius 1 is 1.06 bits per heavy atom. The highest BCUT2D eigenvalue weighted by Crippen LogP contribution is 2.24. The third-order valence-electron chi connectivity index (χ3n) is 3.55. The van der Waals surface area contributed by atoms with Gasteiger partial charge in [0, 0.05) is 12.0 Å². The van der Waals surface area contributed by atoms with Crippen LogP contribution in [0.2, 0.25) is 0 Å². The number of carbonyl (C=O) groups is 1. The summed E-state index contributed by atoms with van der Waals surface area (Å²) in [6.07, 6.45) is 5.99. The Labute approximate surface area is 96.7 Å². The van der Waals surface area contributed by atoms with Gasteiger partial charge in [-0.25, -0.2) is 8.42 Å². The Balaban J connectivity index is 1.83. The first kappa shape index (κ1) is 11.9. The lowest BCUT2D eigenvalue weighted by Gasteiger charge is -2.22. The number of hydrogen-bond donors (Lipinski definition) is 1. The summed E-state index contributed by atoms with van der Waals surface area (Å²) in [7, 11) is -2.89. The first-order chi connectivity index (χ1) is 7.57. The third-order valence-corrected chi connectivity index (χ3v) is 5.32. The molecule has 0 spiro atoms. The van der Waals surface area contributed by atoms with Crippen LogP contribution in [0, 0.1) is 5.92 Å². The van der Waals surface area contributed by atoms with E-state index < -0.39 is 9.84 Å². The maximum absolute atomic E-state index is 11.9. The van der Waals surface area contributed by atoms with Gasteiger partial charge in [0.05, 0.1) is 11.5 Å². The molecule has 0 radical (unpaired) electrons. The molecule has 0 unspecified atom stereocenters. The van der Waals surface area contributed by atoms with Crippen molar-refractivity contribution in [3.63, 3.8) is 0 Å². The quantitative estimate of drug-likeness (QED) is 0.785. The van der Waals surface area contributed by atoms with E-state index in [9.17, 15) is 13.2 Å². The molecule has 1 aliphatic heterocycles. The molecule has 1 amide bonds. The van der Waals surface area contributed by atoms with Crippen LogP contribution in [-0.2, 0) is 14.6 Å². The molecule has 0 aromatic carbocycles. The van der Waals surface area contributed by atoms with Gasteiger partial charge < -0.3 is 5.32 Å². The molecule has 16 heavy (non-hydrogen) atoms. The Bertz CT molecular complexity index is 357. The maximum atomic E-state index is 11.9. The Morgan fingerprint density at radius 2 is 1.75 bits per heavy atom. The second kappa shape index (κ2) is 4.73. The summed E-state index contributed by atoms with van der Waals surface area (Å²) in [5.41, 5.74) is 0. The monoisotopic (exact) mass is 245 g/mol. The fraction of sp³-hybridized carbons (Fsp3) is 0.909. The van der Waals surface area contributed by atoms with E-state index in [0.29, 0.717) is 6.42 Å². The van der Waals surface area contributed by atoms with E-state index in [-0.39, 0.29) is 29.4 Å². The van der Waals surface area contributed by atoms with Crippen molar-refractivity contribution in [1.82, 2.24) is 5.32 Å². The van der Waals surface area contributed by atoms with Gasteiger partial charge in [0.2, 0.25) is 5.91 Å². The second-order valence-corrected chi connectivity index (χ2v) is 7.17. The first-order valence-electron chi connectivity index (χ1n) is 6.08. The fourth-order valence-electron chi connectivity index (χ4n) is 2.59. The second-order valence-electron chi connectivity index (χ2n) is 4.94. The molecule has 1 saturated carbocycles. The van der Waals surface area contributed by atoms with Crippen molar-refractivity contribution in [3.05, 3.63) is 0 Å². The van der Waals surface area contributed by atoms with Crippen molar-refractivity contribution in [1.29, 1.82) is 0 Å². The molecule has 1 heterocycles. The van der Waals surface area contributed by atoms with Crippen LogP contribution in [0.3, 0.4) is 0 Å². The van der Waals surface area contributed by atoms with E-state index in [1.165, 1.54) is 6.42 Å². The highest BCUT2D eigenvalue weighted by atomic mass is 32.2. The standard InChI is InChI=1S/C11H19NO3S/c13-11(9-4-2-1-3-5-9)12-10-6-7-16(14,15)8-10/h9-10H,1-8H2,(H,12,13)/t10-/m1/s1. The summed E-state index contributed by atoms with van der Waals surface area (Å²) in [6.45, 7) is 0. The molecule has 1 atom stereocenters. The minimum absolute atomic E-state index is 0.0711. The third kappa shape index (κ3) is 2.97. The van der Waals surface area contributed by atoms with E-state index in [1.54, 1.807) is 0 Å². The van der Waals surface area contributed by atoms with Gasteiger partial charge in [-0.15, -0.1) is 0 Å². The Morgan fingerprint density at radius 3 is 2.31 bits per heavy atom. The van der Waals surface area contributed by atoms with Crippen LogP contribution in [0.1, 0.15) is 38.5 Å². The van der Waals surface area contributed by atoms with Crippen molar-refractivity contribution >= 4 is 15.7 Å². The molecule has 5 heteroatoms. The molecule has 2 fully saturated rings. The highest BCUT2D eigenvalue weighted by Gasteiger charge is 2.31. The molecule has 4 nitrogen and oxygen atoms in total. The lowest BCUT2D eigenvalue weighted by molar-refractivity contribution is -0.126. The molecule has 0 bridgehead atoms. The topological polar surface area (TPSA) is 63.2 Å². The van der Waals surface area contributed by atoms with Crippen LogP contribution in [0.15, 0.2) is 0 Å². The molecular weight excluding hydrogens is 226 g/mol. The molecule has 2 rings (SSSR count). The minimum atomic E-state index is -2.89. The molecule has 1 N–H and O–H groups in total. The number of rotatable bonds is 2. The predicted octanol–water partition coefficient (Wildman–Crippen LogP) is 0.870. The van der Waals surface area contributed by atoms with Crippen molar-refractivity contribution in [2.45, 2.75) is 44.6 Å². The molecule has 0 aromatic rings. The van der Waals surface area contributed by atoms with Crippen LogP contribution < -0.4 is 5.32 Å². The van der Waals surface area contributed by atoms with E-state index in [2.05, 4.69) is 5.32 Å². The van der Waals surface area contributed by atoms with Gasteiger partial charge in [-0.05, 0) is 19.3 Å². The average Bonchev–Trinajstić information content (AvgIpc) is 2.59. The zero-order valence-electron chi connectivity index (χ0n) is 9.44. The Kier molecular flexibility index (Phi) is 3.52. The number of hydrogen-bond acceptors (Lipinski definition) is 3. The van der Waals surface area contributed by atoms with Crippen LogP contribution in [0.5, 0.6) is 0 Å². The molecular formula is C11H19NO3S. The highest BCUT2D eigenvalue weighted by molar-refractivity contribution is 7.91. The van der Waals surface area contributed by atoms with E-state index >= 15 is 0 Å². The van der Waals surface area contributed by atoms with Crippen LogP contribution in [0.25, 0.3) is 0 Å². The van der Waals surface area contributed by atoms with Gasteiger partial charge >= 0.3 is 0 Å². The lowest BCUT2D eigenvalue weighted by Crippen LogP contribution is -2.40. The normalized spacial score (nSPS) is 30.1. The van der Waals surface area contributed by atoms with Crippen LogP contribution in [-0.4, -0.2) is 31.9 Å². The number of carbonyl (C=O) groups excluding carboxylic acids is 1.